The zero-order valence-electron chi connectivity index (χ0n) is 16.0. The van der Waals surface area contributed by atoms with Gasteiger partial charge in [0.25, 0.3) is 0 Å². The highest BCUT2D eigenvalue weighted by molar-refractivity contribution is 6.02. The predicted molar refractivity (Wildman–Crippen MR) is 113 cm³/mol. The van der Waals surface area contributed by atoms with Crippen molar-refractivity contribution in [3.63, 3.8) is 0 Å². The van der Waals surface area contributed by atoms with E-state index in [1.807, 2.05) is 42.5 Å². The normalized spacial score (nSPS) is 14.2. The summed E-state index contributed by atoms with van der Waals surface area (Å²) in [7, 11) is 0. The van der Waals surface area contributed by atoms with Crippen LogP contribution in [0.1, 0.15) is 25.0 Å². The molecule has 1 aliphatic carbocycles. The number of nitriles is 2. The van der Waals surface area contributed by atoms with Crippen LogP contribution in [0.2, 0.25) is 0 Å². The number of anilines is 2. The Morgan fingerprint density at radius 1 is 0.857 bits per heavy atom. The number of benzene rings is 2. The Bertz CT molecular complexity index is 1070. The van der Waals surface area contributed by atoms with E-state index in [4.69, 9.17) is 0 Å². The molecule has 2 aliphatic rings. The van der Waals surface area contributed by atoms with Crippen molar-refractivity contribution in [1.29, 1.82) is 10.5 Å². The largest absolute Gasteiger partial charge is 0.326 e. The molecule has 0 bridgehead atoms. The first kappa shape index (κ1) is 17.6. The van der Waals surface area contributed by atoms with Crippen LogP contribution in [0.25, 0.3) is 11.1 Å². The lowest BCUT2D eigenvalue weighted by Crippen LogP contribution is -2.28. The van der Waals surface area contributed by atoms with E-state index >= 15 is 0 Å². The fraction of sp³-hybridized carbons (Fsp3) is 0.167. The molecular weight excluding hydrogens is 344 g/mol. The van der Waals surface area contributed by atoms with Crippen LogP contribution in [0, 0.1) is 22.7 Å². The predicted octanol–water partition coefficient (Wildman–Crippen LogP) is 5.09. The summed E-state index contributed by atoms with van der Waals surface area (Å²) in [5, 5.41) is 18.7. The molecule has 0 saturated carbocycles. The molecule has 0 aromatic heterocycles. The van der Waals surface area contributed by atoms with E-state index in [-0.39, 0.29) is 5.57 Å². The fourth-order valence-electron chi connectivity index (χ4n) is 4.03. The molecule has 0 saturated heterocycles. The van der Waals surface area contributed by atoms with Gasteiger partial charge >= 0.3 is 0 Å². The maximum absolute atomic E-state index is 9.37. The molecule has 2 aromatic carbocycles. The second kappa shape index (κ2) is 7.10. The molecule has 136 valence electrons. The number of hydrogen-bond donors (Lipinski definition) is 0. The fourth-order valence-corrected chi connectivity index (χ4v) is 4.03. The summed E-state index contributed by atoms with van der Waals surface area (Å²) in [5.74, 6) is 1.11. The van der Waals surface area contributed by atoms with Crippen molar-refractivity contribution in [2.45, 2.75) is 13.8 Å². The van der Waals surface area contributed by atoms with E-state index in [0.29, 0.717) is 5.57 Å². The molecule has 1 heterocycles. The number of fused-ring (bicyclic) bond motifs is 2. The maximum atomic E-state index is 9.37. The lowest BCUT2D eigenvalue weighted by Gasteiger charge is -2.24. The van der Waals surface area contributed by atoms with Gasteiger partial charge in [0.05, 0.1) is 11.4 Å². The van der Waals surface area contributed by atoms with Crippen molar-refractivity contribution in [2.24, 2.45) is 0 Å². The minimum absolute atomic E-state index is 0.148. The Morgan fingerprint density at radius 3 is 1.93 bits per heavy atom. The monoisotopic (exact) mass is 364 g/mol. The van der Waals surface area contributed by atoms with Gasteiger partial charge < -0.3 is 9.80 Å². The maximum Gasteiger partial charge on any atom is 0.137 e. The van der Waals surface area contributed by atoms with Crippen molar-refractivity contribution in [3.05, 3.63) is 83.2 Å². The van der Waals surface area contributed by atoms with Gasteiger partial charge in [0.1, 0.15) is 23.5 Å². The van der Waals surface area contributed by atoms with Crippen LogP contribution < -0.4 is 9.80 Å². The Hall–Kier alpha value is -3.76. The first-order valence-electron chi connectivity index (χ1n) is 9.45. The van der Waals surface area contributed by atoms with E-state index < -0.39 is 0 Å². The minimum Gasteiger partial charge on any atom is -0.326 e. The van der Waals surface area contributed by atoms with Crippen LogP contribution in [0.15, 0.2) is 72.1 Å². The Kier molecular flexibility index (Phi) is 4.47. The number of rotatable bonds is 3. The zero-order valence-corrected chi connectivity index (χ0v) is 16.0. The Balaban J connectivity index is 1.90. The molecule has 0 fully saturated rings. The molecule has 2 aromatic rings. The molecule has 4 nitrogen and oxygen atoms in total. The van der Waals surface area contributed by atoms with Gasteiger partial charge in [0.15, 0.2) is 0 Å². The summed E-state index contributed by atoms with van der Waals surface area (Å²) in [4.78, 5) is 4.61. The lowest BCUT2D eigenvalue weighted by molar-refractivity contribution is 0.900. The van der Waals surface area contributed by atoms with E-state index in [0.717, 1.165) is 35.6 Å². The van der Waals surface area contributed by atoms with Gasteiger partial charge in [-0.2, -0.15) is 10.5 Å². The van der Waals surface area contributed by atoms with E-state index in [1.54, 1.807) is 0 Å². The van der Waals surface area contributed by atoms with Crippen LogP contribution in [0.4, 0.5) is 11.4 Å². The Labute approximate surface area is 165 Å². The lowest BCUT2D eigenvalue weighted by atomic mass is 10.0. The van der Waals surface area contributed by atoms with Crippen LogP contribution in [0.5, 0.6) is 0 Å². The Morgan fingerprint density at radius 2 is 1.39 bits per heavy atom. The second-order valence-corrected chi connectivity index (χ2v) is 6.64. The first-order chi connectivity index (χ1) is 13.7. The third-order valence-corrected chi connectivity index (χ3v) is 5.25. The molecular formula is C24H20N4. The van der Waals surface area contributed by atoms with Crippen molar-refractivity contribution in [3.8, 4) is 12.1 Å². The summed E-state index contributed by atoms with van der Waals surface area (Å²) in [5.41, 5.74) is 6.27. The summed E-state index contributed by atoms with van der Waals surface area (Å²) >= 11 is 0. The highest BCUT2D eigenvalue weighted by atomic mass is 15.4. The average Bonchev–Trinajstić information content (AvgIpc) is 3.25. The number of para-hydroxylation sites is 2. The molecule has 0 unspecified atom stereocenters. The van der Waals surface area contributed by atoms with Crippen LogP contribution in [-0.2, 0) is 0 Å². The highest BCUT2D eigenvalue weighted by Gasteiger charge is 2.30. The van der Waals surface area contributed by atoms with Crippen LogP contribution in [0.3, 0.4) is 0 Å². The van der Waals surface area contributed by atoms with Crippen LogP contribution >= 0.6 is 0 Å². The topological polar surface area (TPSA) is 54.1 Å². The zero-order chi connectivity index (χ0) is 19.7. The van der Waals surface area contributed by atoms with Gasteiger partial charge in [0.2, 0.25) is 0 Å². The molecule has 0 amide bonds. The van der Waals surface area contributed by atoms with Gasteiger partial charge in [-0.25, -0.2) is 0 Å². The molecule has 0 N–H and O–H groups in total. The summed E-state index contributed by atoms with van der Waals surface area (Å²) in [6.45, 7) is 6.02. The van der Waals surface area contributed by atoms with Crippen LogP contribution in [-0.4, -0.2) is 13.1 Å². The minimum atomic E-state index is 0.148. The molecule has 0 atom stereocenters. The van der Waals surface area contributed by atoms with Crippen molar-refractivity contribution in [2.75, 3.05) is 22.9 Å². The molecule has 1 aliphatic heterocycles. The molecule has 4 rings (SSSR count). The average molecular weight is 364 g/mol. The molecule has 0 radical (unpaired) electrons. The summed E-state index contributed by atoms with van der Waals surface area (Å²) < 4.78 is 0. The van der Waals surface area contributed by atoms with Gasteiger partial charge in [-0.3, -0.25) is 0 Å². The molecule has 0 spiro atoms. The van der Waals surface area contributed by atoms with Gasteiger partial charge in [-0.1, -0.05) is 36.4 Å². The highest BCUT2D eigenvalue weighted by Crippen LogP contribution is 2.44. The smallest absolute Gasteiger partial charge is 0.137 e. The number of nitrogens with zero attached hydrogens (tertiary/aromatic N) is 4. The van der Waals surface area contributed by atoms with E-state index in [1.165, 1.54) is 11.4 Å². The van der Waals surface area contributed by atoms with Gasteiger partial charge in [0, 0.05) is 18.7 Å². The quantitative estimate of drug-likeness (QED) is 0.712. The summed E-state index contributed by atoms with van der Waals surface area (Å²) in [6, 6.07) is 20.4. The van der Waals surface area contributed by atoms with Crippen molar-refractivity contribution < 1.29 is 0 Å². The number of hydrogen-bond acceptors (Lipinski definition) is 4. The van der Waals surface area contributed by atoms with Crippen molar-refractivity contribution in [1.82, 2.24) is 0 Å². The standard InChI is InChI=1S/C24H20N4/c1-3-27-22-11-7-8-12-23(22)28(4-2)24(27)14-17-13-21(18(15-25)16-26)20-10-6-5-9-19(17)20/h5-14H,3-4H2,1-2H3. The molecule has 28 heavy (non-hydrogen) atoms. The van der Waals surface area contributed by atoms with Gasteiger partial charge in [-0.15, -0.1) is 0 Å². The van der Waals surface area contributed by atoms with E-state index in [9.17, 15) is 10.5 Å². The molecule has 4 heteroatoms. The SMILES string of the molecule is CCN1C(=CC2=CC(=C(C#N)C#N)c3ccccc32)N(CC)c2ccccc21. The summed E-state index contributed by atoms with van der Waals surface area (Å²) in [6.07, 6.45) is 4.13. The third-order valence-electron chi connectivity index (χ3n) is 5.25. The number of allylic oxidation sites excluding steroid dienone is 5. The van der Waals surface area contributed by atoms with Gasteiger partial charge in [-0.05, 0) is 54.8 Å². The first-order valence-corrected chi connectivity index (χ1v) is 9.45. The third kappa shape index (κ3) is 2.59. The second-order valence-electron chi connectivity index (χ2n) is 6.64. The van der Waals surface area contributed by atoms with E-state index in [2.05, 4.69) is 54.0 Å². The van der Waals surface area contributed by atoms with Crippen molar-refractivity contribution >= 4 is 22.5 Å².